The van der Waals surface area contributed by atoms with E-state index in [1.54, 1.807) is 6.07 Å². The zero-order chi connectivity index (χ0) is 21.5. The molecular formula is C18H14BrClF3NO4S. The lowest BCUT2D eigenvalue weighted by Crippen LogP contribution is -2.20. The Morgan fingerprint density at radius 3 is 2.59 bits per heavy atom. The van der Waals surface area contributed by atoms with Crippen LogP contribution in [0.1, 0.15) is 30.1 Å². The molecule has 0 spiro atoms. The number of aryl methyl sites for hydroxylation is 1. The van der Waals surface area contributed by atoms with Crippen molar-refractivity contribution in [3.63, 3.8) is 0 Å². The lowest BCUT2D eigenvalue weighted by Gasteiger charge is -2.14. The third-order valence-electron chi connectivity index (χ3n) is 4.18. The maximum atomic E-state index is 12.9. The number of aliphatic hydroxyl groups excluding tert-OH is 1. The molecule has 0 aliphatic heterocycles. The van der Waals surface area contributed by atoms with Crippen LogP contribution < -0.4 is 5.43 Å². The minimum absolute atomic E-state index is 0.0108. The normalized spacial score (nSPS) is 14.3. The molecule has 29 heavy (non-hydrogen) atoms. The van der Waals surface area contributed by atoms with Crippen LogP contribution >= 0.6 is 27.5 Å². The summed E-state index contributed by atoms with van der Waals surface area (Å²) in [5.74, 6) is -1.25. The number of hydrogen-bond donors (Lipinski definition) is 2. The van der Waals surface area contributed by atoms with E-state index in [4.69, 9.17) is 16.0 Å². The van der Waals surface area contributed by atoms with E-state index in [0.29, 0.717) is 9.99 Å². The first-order valence-electron chi connectivity index (χ1n) is 8.27. The SMILES string of the molecule is C[C@H](O)c1c(S(=O)CCc2ccc(C(F)(F)F)o2)[nH]c2c(Br)ccc(Cl)c2c1=O. The summed E-state index contributed by atoms with van der Waals surface area (Å²) in [6.45, 7) is 1.35. The summed E-state index contributed by atoms with van der Waals surface area (Å²) in [6.07, 6.45) is -5.90. The first-order chi connectivity index (χ1) is 13.5. The summed E-state index contributed by atoms with van der Waals surface area (Å²) >= 11 is 9.42. The van der Waals surface area contributed by atoms with Crippen molar-refractivity contribution in [2.24, 2.45) is 0 Å². The molecule has 0 amide bonds. The molecule has 2 atom stereocenters. The van der Waals surface area contributed by atoms with E-state index in [2.05, 4.69) is 20.9 Å². The van der Waals surface area contributed by atoms with Crippen LogP contribution in [-0.4, -0.2) is 20.1 Å². The van der Waals surface area contributed by atoms with Crippen LogP contribution in [0.25, 0.3) is 10.9 Å². The van der Waals surface area contributed by atoms with Gasteiger partial charge in [0, 0.05) is 16.6 Å². The molecule has 2 N–H and O–H groups in total. The fourth-order valence-corrected chi connectivity index (χ4v) is 4.82. The molecule has 0 saturated heterocycles. The molecule has 3 aromatic rings. The highest BCUT2D eigenvalue weighted by Gasteiger charge is 2.34. The van der Waals surface area contributed by atoms with E-state index in [1.165, 1.54) is 13.0 Å². The van der Waals surface area contributed by atoms with Crippen molar-refractivity contribution < 1.29 is 26.9 Å². The topological polar surface area (TPSA) is 83.3 Å². The standard InChI is InChI=1S/C18H14BrClF3NO4S/c1-8(25)13-16(26)14-11(20)4-3-10(19)15(14)24-17(13)29(27)7-6-9-2-5-12(28-9)18(21,22)23/h2-5,8,25H,6-7H2,1H3,(H,24,26)/t8-,29?/m0/s1. The number of aromatic amines is 1. The minimum atomic E-state index is -4.61. The Balaban J connectivity index is 1.99. The fraction of sp³-hybridized carbons (Fsp3) is 0.278. The third-order valence-corrected chi connectivity index (χ3v) is 6.51. The number of rotatable bonds is 5. The summed E-state index contributed by atoms with van der Waals surface area (Å²) in [4.78, 5) is 15.8. The molecule has 0 aliphatic carbocycles. The molecule has 0 aliphatic rings. The molecule has 0 saturated carbocycles. The molecule has 5 nitrogen and oxygen atoms in total. The minimum Gasteiger partial charge on any atom is -0.456 e. The van der Waals surface area contributed by atoms with E-state index in [-0.39, 0.29) is 38.9 Å². The molecule has 2 heterocycles. The van der Waals surface area contributed by atoms with Gasteiger partial charge in [0.25, 0.3) is 0 Å². The van der Waals surface area contributed by atoms with E-state index >= 15 is 0 Å². The van der Waals surface area contributed by atoms with Crippen LogP contribution in [-0.2, 0) is 23.4 Å². The van der Waals surface area contributed by atoms with Crippen molar-refractivity contribution >= 4 is 49.2 Å². The molecule has 2 aromatic heterocycles. The van der Waals surface area contributed by atoms with Crippen LogP contribution in [0.4, 0.5) is 13.2 Å². The Bertz CT molecular complexity index is 1160. The van der Waals surface area contributed by atoms with Gasteiger partial charge in [0.1, 0.15) is 10.8 Å². The van der Waals surface area contributed by atoms with Gasteiger partial charge in [-0.2, -0.15) is 13.2 Å². The van der Waals surface area contributed by atoms with Crippen LogP contribution in [0.3, 0.4) is 0 Å². The molecule has 3 rings (SSSR count). The van der Waals surface area contributed by atoms with Gasteiger partial charge in [-0.15, -0.1) is 0 Å². The maximum Gasteiger partial charge on any atom is 0.449 e. The molecular weight excluding hydrogens is 499 g/mol. The highest BCUT2D eigenvalue weighted by atomic mass is 79.9. The molecule has 0 bridgehead atoms. The van der Waals surface area contributed by atoms with Gasteiger partial charge >= 0.3 is 6.18 Å². The first-order valence-corrected chi connectivity index (χ1v) is 10.8. The molecule has 1 unspecified atom stereocenters. The average molecular weight is 513 g/mol. The van der Waals surface area contributed by atoms with Crippen molar-refractivity contribution in [2.45, 2.75) is 30.7 Å². The van der Waals surface area contributed by atoms with Crippen LogP contribution in [0.5, 0.6) is 0 Å². The predicted octanol–water partition coefficient (Wildman–Crippen LogP) is 4.96. The Morgan fingerprint density at radius 2 is 2.00 bits per heavy atom. The van der Waals surface area contributed by atoms with Gasteiger partial charge in [-0.3, -0.25) is 9.00 Å². The Hall–Kier alpha value is -1.62. The van der Waals surface area contributed by atoms with E-state index in [0.717, 1.165) is 12.1 Å². The number of fused-ring (bicyclic) bond motifs is 1. The largest absolute Gasteiger partial charge is 0.456 e. The lowest BCUT2D eigenvalue weighted by atomic mass is 10.1. The van der Waals surface area contributed by atoms with Gasteiger partial charge in [0.2, 0.25) is 5.76 Å². The van der Waals surface area contributed by atoms with Crippen molar-refractivity contribution in [3.05, 3.63) is 61.1 Å². The second-order valence-electron chi connectivity index (χ2n) is 6.22. The molecule has 156 valence electrons. The van der Waals surface area contributed by atoms with Crippen LogP contribution in [0.2, 0.25) is 5.02 Å². The zero-order valence-corrected chi connectivity index (χ0v) is 17.9. The summed E-state index contributed by atoms with van der Waals surface area (Å²) in [5, 5.41) is 10.4. The maximum absolute atomic E-state index is 12.9. The molecule has 1 aromatic carbocycles. The van der Waals surface area contributed by atoms with Gasteiger partial charge in [0.15, 0.2) is 5.43 Å². The number of hydrogen-bond acceptors (Lipinski definition) is 4. The highest BCUT2D eigenvalue weighted by molar-refractivity contribution is 9.10. The van der Waals surface area contributed by atoms with E-state index < -0.39 is 34.3 Å². The predicted molar refractivity (Wildman–Crippen MR) is 107 cm³/mol. The highest BCUT2D eigenvalue weighted by Crippen LogP contribution is 2.32. The van der Waals surface area contributed by atoms with Crippen LogP contribution in [0.15, 0.2) is 43.0 Å². The van der Waals surface area contributed by atoms with Crippen molar-refractivity contribution in [1.82, 2.24) is 4.98 Å². The van der Waals surface area contributed by atoms with Gasteiger partial charge < -0.3 is 14.5 Å². The fourth-order valence-electron chi connectivity index (χ4n) is 2.83. The summed E-state index contributed by atoms with van der Waals surface area (Å²) in [7, 11) is -1.83. The Kier molecular flexibility index (Phi) is 6.28. The van der Waals surface area contributed by atoms with Gasteiger partial charge in [-0.1, -0.05) is 11.6 Å². The molecule has 0 radical (unpaired) electrons. The number of H-pyrrole nitrogens is 1. The van der Waals surface area contributed by atoms with E-state index in [1.807, 2.05) is 0 Å². The second kappa shape index (κ2) is 8.25. The Morgan fingerprint density at radius 1 is 1.31 bits per heavy atom. The number of aromatic nitrogens is 1. The number of pyridine rings is 1. The Labute approximate surface area is 178 Å². The smallest absolute Gasteiger partial charge is 0.449 e. The van der Waals surface area contributed by atoms with Crippen molar-refractivity contribution in [2.75, 3.05) is 5.75 Å². The summed E-state index contributed by atoms with van der Waals surface area (Å²) in [6, 6.07) is 5.09. The second-order valence-corrected chi connectivity index (χ2v) is 8.98. The molecule has 0 fully saturated rings. The van der Waals surface area contributed by atoms with Crippen molar-refractivity contribution in [3.8, 4) is 0 Å². The van der Waals surface area contributed by atoms with Crippen molar-refractivity contribution in [1.29, 1.82) is 0 Å². The third kappa shape index (κ3) is 4.45. The van der Waals surface area contributed by atoms with E-state index in [9.17, 15) is 27.3 Å². The quantitative estimate of drug-likeness (QED) is 0.506. The number of furan rings is 1. The first kappa shape index (κ1) is 22.1. The van der Waals surface area contributed by atoms with Gasteiger partial charge in [-0.05, 0) is 47.1 Å². The van der Waals surface area contributed by atoms with Gasteiger partial charge in [0.05, 0.1) is 38.4 Å². The average Bonchev–Trinajstić information content (AvgIpc) is 3.11. The number of benzene rings is 1. The summed E-state index contributed by atoms with van der Waals surface area (Å²) in [5.41, 5.74) is -0.361. The molecule has 11 heteroatoms. The number of alkyl halides is 3. The summed E-state index contributed by atoms with van der Waals surface area (Å²) < 4.78 is 56.0. The zero-order valence-electron chi connectivity index (χ0n) is 14.8. The van der Waals surface area contributed by atoms with Crippen LogP contribution in [0, 0.1) is 0 Å². The monoisotopic (exact) mass is 511 g/mol. The number of nitrogens with one attached hydrogen (secondary N) is 1. The van der Waals surface area contributed by atoms with Gasteiger partial charge in [-0.25, -0.2) is 0 Å². The number of aliphatic hydroxyl groups is 1. The number of halogens is 5. The lowest BCUT2D eigenvalue weighted by molar-refractivity contribution is -0.153.